The standard InChI is InChI=1S/C23H36N6O2/c1-3-25-23(26-10-9-19-7-6-8-20(17-19)22(31)24-2)29-15-13-27(14-16-29)18-21(30)28-11-4-5-12-28/h6-8,17H,3-5,9-16,18H2,1-2H3,(H,24,31)(H,25,26). The van der Waals surface area contributed by atoms with Gasteiger partial charge in [-0.05, 0) is 43.9 Å². The molecule has 0 radical (unpaired) electrons. The molecule has 0 aromatic heterocycles. The van der Waals surface area contributed by atoms with Gasteiger partial charge in [0.25, 0.3) is 5.91 Å². The van der Waals surface area contributed by atoms with E-state index in [1.165, 1.54) is 0 Å². The van der Waals surface area contributed by atoms with Crippen LogP contribution in [0.5, 0.6) is 0 Å². The van der Waals surface area contributed by atoms with Crippen molar-refractivity contribution in [2.75, 3.05) is 66.0 Å². The van der Waals surface area contributed by atoms with Crippen molar-refractivity contribution >= 4 is 17.8 Å². The van der Waals surface area contributed by atoms with Gasteiger partial charge in [0.1, 0.15) is 0 Å². The topological polar surface area (TPSA) is 80.3 Å². The number of nitrogens with zero attached hydrogens (tertiary/aromatic N) is 4. The Bertz CT molecular complexity index is 767. The molecule has 0 bridgehead atoms. The summed E-state index contributed by atoms with van der Waals surface area (Å²) in [6.07, 6.45) is 3.06. The van der Waals surface area contributed by atoms with Gasteiger partial charge < -0.3 is 20.4 Å². The third-order valence-electron chi connectivity index (χ3n) is 5.90. The van der Waals surface area contributed by atoms with Crippen LogP contribution >= 0.6 is 0 Å². The maximum absolute atomic E-state index is 12.4. The fourth-order valence-corrected chi connectivity index (χ4v) is 4.10. The number of hydrogen-bond donors (Lipinski definition) is 2. The normalized spacial score (nSPS) is 17.7. The van der Waals surface area contributed by atoms with Crippen molar-refractivity contribution in [1.29, 1.82) is 0 Å². The summed E-state index contributed by atoms with van der Waals surface area (Å²) in [5.41, 5.74) is 1.78. The Morgan fingerprint density at radius 1 is 1.03 bits per heavy atom. The number of carbonyl (C=O) groups is 2. The van der Waals surface area contributed by atoms with E-state index in [9.17, 15) is 9.59 Å². The number of amides is 2. The number of carbonyl (C=O) groups excluding carboxylic acids is 2. The molecule has 2 fully saturated rings. The van der Waals surface area contributed by atoms with Crippen LogP contribution < -0.4 is 10.6 Å². The predicted molar refractivity (Wildman–Crippen MR) is 123 cm³/mol. The highest BCUT2D eigenvalue weighted by Crippen LogP contribution is 2.10. The molecule has 0 saturated carbocycles. The molecule has 0 aliphatic carbocycles. The molecule has 2 aliphatic rings. The zero-order valence-corrected chi connectivity index (χ0v) is 18.9. The zero-order valence-electron chi connectivity index (χ0n) is 18.9. The summed E-state index contributed by atoms with van der Waals surface area (Å²) >= 11 is 0. The van der Waals surface area contributed by atoms with E-state index in [1.54, 1.807) is 7.05 Å². The van der Waals surface area contributed by atoms with Crippen LogP contribution in [-0.2, 0) is 11.2 Å². The van der Waals surface area contributed by atoms with E-state index in [0.29, 0.717) is 18.7 Å². The molecule has 0 atom stereocenters. The second-order valence-corrected chi connectivity index (χ2v) is 8.12. The molecule has 2 saturated heterocycles. The Hall–Kier alpha value is -2.61. The minimum Gasteiger partial charge on any atom is -0.357 e. The van der Waals surface area contributed by atoms with E-state index in [4.69, 9.17) is 4.99 Å². The van der Waals surface area contributed by atoms with Gasteiger partial charge in [0.05, 0.1) is 6.54 Å². The first-order valence-electron chi connectivity index (χ1n) is 11.4. The van der Waals surface area contributed by atoms with Crippen LogP contribution in [-0.4, -0.2) is 98.4 Å². The smallest absolute Gasteiger partial charge is 0.251 e. The lowest BCUT2D eigenvalue weighted by atomic mass is 10.1. The summed E-state index contributed by atoms with van der Waals surface area (Å²) in [5, 5.41) is 6.06. The maximum Gasteiger partial charge on any atom is 0.251 e. The van der Waals surface area contributed by atoms with Gasteiger partial charge in [0, 0.05) is 65.0 Å². The molecule has 2 heterocycles. The summed E-state index contributed by atoms with van der Waals surface area (Å²) in [5.74, 6) is 1.13. The SMILES string of the molecule is CCNC(=NCCc1cccc(C(=O)NC)c1)N1CCN(CC(=O)N2CCCC2)CC1. The predicted octanol–water partition coefficient (Wildman–Crippen LogP) is 0.794. The van der Waals surface area contributed by atoms with Gasteiger partial charge in [0.2, 0.25) is 5.91 Å². The molecule has 2 N–H and O–H groups in total. The van der Waals surface area contributed by atoms with Crippen LogP contribution in [0.2, 0.25) is 0 Å². The number of nitrogens with one attached hydrogen (secondary N) is 2. The number of hydrogen-bond acceptors (Lipinski definition) is 4. The molecule has 2 aliphatic heterocycles. The molecule has 1 aromatic rings. The summed E-state index contributed by atoms with van der Waals surface area (Å²) in [6, 6.07) is 7.70. The summed E-state index contributed by atoms with van der Waals surface area (Å²) in [4.78, 5) is 35.6. The highest BCUT2D eigenvalue weighted by Gasteiger charge is 2.24. The molecule has 8 heteroatoms. The van der Waals surface area contributed by atoms with Gasteiger partial charge in [0.15, 0.2) is 5.96 Å². The minimum absolute atomic E-state index is 0.0697. The molecular weight excluding hydrogens is 392 g/mol. The van der Waals surface area contributed by atoms with Crippen molar-refractivity contribution < 1.29 is 9.59 Å². The van der Waals surface area contributed by atoms with Crippen molar-refractivity contribution in [3.05, 3.63) is 35.4 Å². The molecule has 3 rings (SSSR count). The lowest BCUT2D eigenvalue weighted by molar-refractivity contribution is -0.131. The maximum atomic E-state index is 12.4. The Morgan fingerprint density at radius 3 is 2.45 bits per heavy atom. The van der Waals surface area contributed by atoms with Crippen molar-refractivity contribution in [1.82, 2.24) is 25.3 Å². The second-order valence-electron chi connectivity index (χ2n) is 8.12. The quantitative estimate of drug-likeness (QED) is 0.496. The van der Waals surface area contributed by atoms with Crippen molar-refractivity contribution in [3.63, 3.8) is 0 Å². The molecule has 0 unspecified atom stereocenters. The number of guanidine groups is 1. The third-order valence-corrected chi connectivity index (χ3v) is 5.90. The fraction of sp³-hybridized carbons (Fsp3) is 0.609. The van der Waals surface area contributed by atoms with Crippen molar-refractivity contribution in [3.8, 4) is 0 Å². The van der Waals surface area contributed by atoms with Crippen molar-refractivity contribution in [2.45, 2.75) is 26.2 Å². The number of aliphatic imine (C=N–C) groups is 1. The highest BCUT2D eigenvalue weighted by molar-refractivity contribution is 5.94. The van der Waals surface area contributed by atoms with Crippen LogP contribution in [0.25, 0.3) is 0 Å². The van der Waals surface area contributed by atoms with Crippen LogP contribution in [0.15, 0.2) is 29.3 Å². The molecule has 0 spiro atoms. The Balaban J connectivity index is 1.49. The van der Waals surface area contributed by atoms with Crippen molar-refractivity contribution in [2.24, 2.45) is 4.99 Å². The minimum atomic E-state index is -0.0697. The molecule has 31 heavy (non-hydrogen) atoms. The van der Waals surface area contributed by atoms with Gasteiger partial charge in [-0.1, -0.05) is 12.1 Å². The lowest BCUT2D eigenvalue weighted by Crippen LogP contribution is -2.54. The van der Waals surface area contributed by atoms with E-state index < -0.39 is 0 Å². The van der Waals surface area contributed by atoms with Crippen LogP contribution in [0, 0.1) is 0 Å². The van der Waals surface area contributed by atoms with Gasteiger partial charge in [-0.15, -0.1) is 0 Å². The zero-order chi connectivity index (χ0) is 22.1. The largest absolute Gasteiger partial charge is 0.357 e. The number of piperazine rings is 1. The average Bonchev–Trinajstić information content (AvgIpc) is 3.34. The van der Waals surface area contributed by atoms with Crippen LogP contribution in [0.4, 0.5) is 0 Å². The first kappa shape index (κ1) is 23.1. The third kappa shape index (κ3) is 6.69. The molecule has 8 nitrogen and oxygen atoms in total. The van der Waals surface area contributed by atoms with Gasteiger partial charge in [-0.25, -0.2) is 0 Å². The number of likely N-dealkylation sites (tertiary alicyclic amines) is 1. The number of rotatable bonds is 7. The van der Waals surface area contributed by atoms with E-state index in [-0.39, 0.29) is 11.8 Å². The Morgan fingerprint density at radius 2 is 1.77 bits per heavy atom. The Kier molecular flexibility index (Phi) is 8.70. The first-order valence-corrected chi connectivity index (χ1v) is 11.4. The van der Waals surface area contributed by atoms with E-state index in [1.807, 2.05) is 29.2 Å². The first-order chi connectivity index (χ1) is 15.1. The van der Waals surface area contributed by atoms with E-state index in [0.717, 1.165) is 76.6 Å². The average molecular weight is 429 g/mol. The number of benzene rings is 1. The van der Waals surface area contributed by atoms with E-state index in [2.05, 4.69) is 27.4 Å². The molecule has 1 aromatic carbocycles. The second kappa shape index (κ2) is 11.7. The van der Waals surface area contributed by atoms with Gasteiger partial charge in [-0.2, -0.15) is 0 Å². The molecule has 2 amide bonds. The summed E-state index contributed by atoms with van der Waals surface area (Å²) < 4.78 is 0. The van der Waals surface area contributed by atoms with Crippen LogP contribution in [0.3, 0.4) is 0 Å². The highest BCUT2D eigenvalue weighted by atomic mass is 16.2. The van der Waals surface area contributed by atoms with E-state index >= 15 is 0 Å². The van der Waals surface area contributed by atoms with Crippen LogP contribution in [0.1, 0.15) is 35.7 Å². The molecular formula is C23H36N6O2. The molecule has 170 valence electrons. The Labute approximate surface area is 185 Å². The van der Waals surface area contributed by atoms with Gasteiger partial charge in [-0.3, -0.25) is 19.5 Å². The monoisotopic (exact) mass is 428 g/mol. The lowest BCUT2D eigenvalue weighted by Gasteiger charge is -2.36. The fourth-order valence-electron chi connectivity index (χ4n) is 4.10. The van der Waals surface area contributed by atoms with Gasteiger partial charge >= 0.3 is 0 Å². The summed E-state index contributed by atoms with van der Waals surface area (Å²) in [6.45, 7) is 9.40. The summed E-state index contributed by atoms with van der Waals surface area (Å²) in [7, 11) is 1.64.